The Morgan fingerprint density at radius 3 is 2.80 bits per heavy atom. The van der Waals surface area contributed by atoms with Crippen molar-refractivity contribution in [1.29, 1.82) is 0 Å². The van der Waals surface area contributed by atoms with E-state index in [9.17, 15) is 4.79 Å². The molecule has 1 amide bonds. The zero-order valence-electron chi connectivity index (χ0n) is 5.71. The van der Waals surface area contributed by atoms with Gasteiger partial charge in [-0.15, -0.1) is 6.58 Å². The topological polar surface area (TPSA) is 43.1 Å². The number of hydrogen-bond donors (Lipinski definition) is 1. The standard InChI is InChI=1S/C6H11NOS2/c1-2-4-9-10-5-3-6(7)8/h2H,1,3-5H2,(H2,7,8). The van der Waals surface area contributed by atoms with Crippen molar-refractivity contribution in [3.05, 3.63) is 12.7 Å². The van der Waals surface area contributed by atoms with Crippen LogP contribution in [0.1, 0.15) is 6.42 Å². The molecule has 0 aromatic carbocycles. The van der Waals surface area contributed by atoms with Crippen molar-refractivity contribution < 1.29 is 4.79 Å². The van der Waals surface area contributed by atoms with Gasteiger partial charge in [0.25, 0.3) is 0 Å². The Morgan fingerprint density at radius 2 is 2.30 bits per heavy atom. The van der Waals surface area contributed by atoms with Gasteiger partial charge in [-0.1, -0.05) is 27.7 Å². The molecule has 0 saturated carbocycles. The highest BCUT2D eigenvalue weighted by Crippen LogP contribution is 2.21. The number of amides is 1. The number of nitrogens with two attached hydrogens (primary N) is 1. The summed E-state index contributed by atoms with van der Waals surface area (Å²) in [6.45, 7) is 3.57. The van der Waals surface area contributed by atoms with Crippen LogP contribution in [0.4, 0.5) is 0 Å². The van der Waals surface area contributed by atoms with Gasteiger partial charge in [-0.05, 0) is 0 Å². The molecule has 4 heteroatoms. The summed E-state index contributed by atoms with van der Waals surface area (Å²) in [5, 5.41) is 0. The Kier molecular flexibility index (Phi) is 6.96. The monoisotopic (exact) mass is 177 g/mol. The molecule has 0 heterocycles. The number of rotatable bonds is 6. The smallest absolute Gasteiger partial charge is 0.218 e. The van der Waals surface area contributed by atoms with Crippen LogP contribution in [-0.4, -0.2) is 17.4 Å². The Labute approximate surface area is 69.0 Å². The lowest BCUT2D eigenvalue weighted by molar-refractivity contribution is -0.117. The van der Waals surface area contributed by atoms with E-state index in [2.05, 4.69) is 6.58 Å². The predicted octanol–water partition coefficient (Wildman–Crippen LogP) is 1.43. The second-order valence-corrected chi connectivity index (χ2v) is 4.24. The zero-order valence-corrected chi connectivity index (χ0v) is 7.34. The summed E-state index contributed by atoms with van der Waals surface area (Å²) in [4.78, 5) is 10.2. The number of hydrogen-bond acceptors (Lipinski definition) is 3. The number of carbonyl (C=O) groups is 1. The molecular weight excluding hydrogens is 166 g/mol. The highest BCUT2D eigenvalue weighted by atomic mass is 33.1. The molecule has 0 spiro atoms. The molecule has 2 N–H and O–H groups in total. The van der Waals surface area contributed by atoms with Crippen molar-refractivity contribution in [2.75, 3.05) is 11.5 Å². The highest BCUT2D eigenvalue weighted by molar-refractivity contribution is 8.76. The minimum atomic E-state index is -0.230. The fourth-order valence-electron chi connectivity index (χ4n) is 0.297. The average molecular weight is 177 g/mol. The van der Waals surface area contributed by atoms with Gasteiger partial charge in [0, 0.05) is 17.9 Å². The predicted molar refractivity (Wildman–Crippen MR) is 48.9 cm³/mol. The van der Waals surface area contributed by atoms with Crippen molar-refractivity contribution >= 4 is 27.5 Å². The van der Waals surface area contributed by atoms with Crippen LogP contribution in [0.15, 0.2) is 12.7 Å². The molecule has 58 valence electrons. The summed E-state index contributed by atoms with van der Waals surface area (Å²) < 4.78 is 0. The van der Waals surface area contributed by atoms with E-state index in [1.54, 1.807) is 21.6 Å². The third-order valence-electron chi connectivity index (χ3n) is 0.701. The van der Waals surface area contributed by atoms with Gasteiger partial charge in [-0.2, -0.15) is 0 Å². The van der Waals surface area contributed by atoms with E-state index in [1.165, 1.54) is 0 Å². The van der Waals surface area contributed by atoms with E-state index in [-0.39, 0.29) is 5.91 Å². The van der Waals surface area contributed by atoms with Crippen LogP contribution < -0.4 is 5.73 Å². The molecule has 0 aliphatic carbocycles. The third kappa shape index (κ3) is 7.91. The van der Waals surface area contributed by atoms with Crippen LogP contribution in [0.5, 0.6) is 0 Å². The molecular formula is C6H11NOS2. The molecule has 0 aliphatic rings. The van der Waals surface area contributed by atoms with Gasteiger partial charge >= 0.3 is 0 Å². The Morgan fingerprint density at radius 1 is 1.60 bits per heavy atom. The van der Waals surface area contributed by atoms with E-state index >= 15 is 0 Å². The minimum absolute atomic E-state index is 0.230. The van der Waals surface area contributed by atoms with Crippen LogP contribution in [0.2, 0.25) is 0 Å². The maximum Gasteiger partial charge on any atom is 0.218 e. The first-order valence-corrected chi connectivity index (χ1v) is 5.39. The lowest BCUT2D eigenvalue weighted by Crippen LogP contribution is -2.10. The van der Waals surface area contributed by atoms with Gasteiger partial charge in [0.1, 0.15) is 0 Å². The average Bonchev–Trinajstić information content (AvgIpc) is 1.87. The lowest BCUT2D eigenvalue weighted by atomic mass is 10.5. The fraction of sp³-hybridized carbons (Fsp3) is 0.500. The van der Waals surface area contributed by atoms with E-state index in [4.69, 9.17) is 5.73 Å². The SMILES string of the molecule is C=CCSSCCC(N)=O. The molecule has 0 radical (unpaired) electrons. The molecule has 0 saturated heterocycles. The highest BCUT2D eigenvalue weighted by Gasteiger charge is 1.92. The molecule has 10 heavy (non-hydrogen) atoms. The van der Waals surface area contributed by atoms with Gasteiger partial charge in [-0.3, -0.25) is 4.79 Å². The first kappa shape index (κ1) is 9.91. The zero-order chi connectivity index (χ0) is 7.82. The number of carbonyl (C=O) groups excluding carboxylic acids is 1. The first-order chi connectivity index (χ1) is 4.77. The van der Waals surface area contributed by atoms with Crippen LogP contribution in [0, 0.1) is 0 Å². The van der Waals surface area contributed by atoms with Gasteiger partial charge in [0.15, 0.2) is 0 Å². The largest absolute Gasteiger partial charge is 0.370 e. The van der Waals surface area contributed by atoms with E-state index in [1.807, 2.05) is 6.08 Å². The first-order valence-electron chi connectivity index (χ1n) is 2.91. The van der Waals surface area contributed by atoms with Crippen molar-refractivity contribution in [2.24, 2.45) is 5.73 Å². The van der Waals surface area contributed by atoms with Crippen molar-refractivity contribution in [3.8, 4) is 0 Å². The van der Waals surface area contributed by atoms with E-state index in [0.29, 0.717) is 6.42 Å². The molecule has 0 aromatic heterocycles. The maximum absolute atomic E-state index is 10.2. The summed E-state index contributed by atoms with van der Waals surface area (Å²) >= 11 is 0. The fourth-order valence-corrected chi connectivity index (χ4v) is 2.07. The molecule has 0 unspecified atom stereocenters. The van der Waals surface area contributed by atoms with E-state index in [0.717, 1.165) is 11.5 Å². The van der Waals surface area contributed by atoms with Crippen molar-refractivity contribution in [3.63, 3.8) is 0 Å². The minimum Gasteiger partial charge on any atom is -0.370 e. The second kappa shape index (κ2) is 7.02. The summed E-state index contributed by atoms with van der Waals surface area (Å²) in [6, 6.07) is 0. The van der Waals surface area contributed by atoms with Crippen LogP contribution >= 0.6 is 21.6 Å². The summed E-state index contributed by atoms with van der Waals surface area (Å²) in [5.41, 5.74) is 4.93. The molecule has 0 bridgehead atoms. The van der Waals surface area contributed by atoms with Crippen LogP contribution in [0.25, 0.3) is 0 Å². The van der Waals surface area contributed by atoms with Gasteiger partial charge < -0.3 is 5.73 Å². The molecule has 2 nitrogen and oxygen atoms in total. The molecule has 0 atom stereocenters. The number of primary amides is 1. The Bertz CT molecular complexity index is 116. The maximum atomic E-state index is 10.2. The molecule has 0 fully saturated rings. The van der Waals surface area contributed by atoms with E-state index < -0.39 is 0 Å². The quantitative estimate of drug-likeness (QED) is 0.379. The van der Waals surface area contributed by atoms with Crippen molar-refractivity contribution in [2.45, 2.75) is 6.42 Å². The Hall–Kier alpha value is -0.0900. The second-order valence-electron chi connectivity index (χ2n) is 1.61. The molecule has 0 aliphatic heterocycles. The van der Waals surface area contributed by atoms with Gasteiger partial charge in [0.05, 0.1) is 0 Å². The van der Waals surface area contributed by atoms with Crippen LogP contribution in [-0.2, 0) is 4.79 Å². The summed E-state index contributed by atoms with van der Waals surface area (Å²) in [6.07, 6.45) is 2.30. The van der Waals surface area contributed by atoms with Gasteiger partial charge in [0.2, 0.25) is 5.91 Å². The summed E-state index contributed by atoms with van der Waals surface area (Å²) in [7, 11) is 3.34. The lowest BCUT2D eigenvalue weighted by Gasteiger charge is -1.94. The van der Waals surface area contributed by atoms with Crippen LogP contribution in [0.3, 0.4) is 0 Å². The normalized spacial score (nSPS) is 9.20. The van der Waals surface area contributed by atoms with Gasteiger partial charge in [-0.25, -0.2) is 0 Å². The molecule has 0 aromatic rings. The molecule has 0 rings (SSSR count). The summed E-state index contributed by atoms with van der Waals surface area (Å²) in [5.74, 6) is 1.49. The Balaban J connectivity index is 2.90. The van der Waals surface area contributed by atoms with Crippen molar-refractivity contribution in [1.82, 2.24) is 0 Å². The third-order valence-corrected chi connectivity index (χ3v) is 3.02.